The molecule has 4 nitrogen and oxygen atoms in total. The first-order valence-corrected chi connectivity index (χ1v) is 6.17. The van der Waals surface area contributed by atoms with Gasteiger partial charge in [-0.3, -0.25) is 4.79 Å². The molecule has 0 spiro atoms. The lowest BCUT2D eigenvalue weighted by atomic mass is 10.1. The number of aryl methyl sites for hydroxylation is 1. The Kier molecular flexibility index (Phi) is 5.16. The van der Waals surface area contributed by atoms with Crippen LogP contribution in [0.25, 0.3) is 0 Å². The van der Waals surface area contributed by atoms with E-state index in [-0.39, 0.29) is 11.9 Å². The van der Waals surface area contributed by atoms with E-state index in [1.807, 2.05) is 32.9 Å². The number of benzene rings is 1. The van der Waals surface area contributed by atoms with Gasteiger partial charge in [0.05, 0.1) is 18.2 Å². The summed E-state index contributed by atoms with van der Waals surface area (Å²) >= 11 is 0. The first-order chi connectivity index (χ1) is 8.52. The van der Waals surface area contributed by atoms with Gasteiger partial charge in [0.15, 0.2) is 0 Å². The van der Waals surface area contributed by atoms with Crippen molar-refractivity contribution in [2.45, 2.75) is 26.8 Å². The largest absolute Gasteiger partial charge is 0.398 e. The molecule has 0 fully saturated rings. The van der Waals surface area contributed by atoms with Gasteiger partial charge >= 0.3 is 0 Å². The number of anilines is 1. The van der Waals surface area contributed by atoms with E-state index in [9.17, 15) is 4.79 Å². The summed E-state index contributed by atoms with van der Waals surface area (Å²) in [5, 5.41) is 0. The maximum Gasteiger partial charge on any atom is 0.256 e. The number of hydrogen-bond donors (Lipinski definition) is 1. The van der Waals surface area contributed by atoms with Gasteiger partial charge in [0, 0.05) is 19.3 Å². The van der Waals surface area contributed by atoms with Crippen molar-refractivity contribution in [3.63, 3.8) is 0 Å². The van der Waals surface area contributed by atoms with Crippen LogP contribution in [0.2, 0.25) is 0 Å². The highest BCUT2D eigenvalue weighted by Gasteiger charge is 2.21. The van der Waals surface area contributed by atoms with Crippen LogP contribution in [0.3, 0.4) is 0 Å². The number of nitrogens with zero attached hydrogens (tertiary/aromatic N) is 1. The Morgan fingerprint density at radius 3 is 2.72 bits per heavy atom. The molecule has 0 aliphatic carbocycles. The smallest absolute Gasteiger partial charge is 0.256 e. The van der Waals surface area contributed by atoms with Gasteiger partial charge in [-0.05, 0) is 32.4 Å². The van der Waals surface area contributed by atoms with Gasteiger partial charge in [0.2, 0.25) is 0 Å². The lowest BCUT2D eigenvalue weighted by molar-refractivity contribution is 0.0580. The predicted octanol–water partition coefficient (Wildman–Crippen LogP) is 2.07. The Labute approximate surface area is 109 Å². The van der Waals surface area contributed by atoms with Crippen LogP contribution in [-0.2, 0) is 4.74 Å². The van der Waals surface area contributed by atoms with E-state index in [0.29, 0.717) is 24.4 Å². The number of nitrogen functional groups attached to an aromatic ring is 1. The zero-order chi connectivity index (χ0) is 13.7. The summed E-state index contributed by atoms with van der Waals surface area (Å²) in [5.41, 5.74) is 8.03. The van der Waals surface area contributed by atoms with Crippen LogP contribution in [0.5, 0.6) is 0 Å². The summed E-state index contributed by atoms with van der Waals surface area (Å²) in [5.74, 6) is -0.0387. The second kappa shape index (κ2) is 6.40. The van der Waals surface area contributed by atoms with Crippen LogP contribution in [0.4, 0.5) is 5.69 Å². The average Bonchev–Trinajstić information content (AvgIpc) is 2.33. The van der Waals surface area contributed by atoms with Crippen molar-refractivity contribution in [2.75, 3.05) is 26.0 Å². The second-order valence-electron chi connectivity index (χ2n) is 4.43. The van der Waals surface area contributed by atoms with Gasteiger partial charge in [-0.2, -0.15) is 0 Å². The van der Waals surface area contributed by atoms with Crippen molar-refractivity contribution in [3.05, 3.63) is 29.3 Å². The molecular weight excluding hydrogens is 228 g/mol. The topological polar surface area (TPSA) is 55.6 Å². The summed E-state index contributed by atoms with van der Waals surface area (Å²) in [4.78, 5) is 14.2. The van der Waals surface area contributed by atoms with E-state index in [1.165, 1.54) is 0 Å². The van der Waals surface area contributed by atoms with E-state index in [0.717, 1.165) is 5.56 Å². The maximum absolute atomic E-state index is 12.5. The molecule has 1 aromatic carbocycles. The molecule has 0 saturated heterocycles. The molecule has 1 aromatic rings. The van der Waals surface area contributed by atoms with Crippen LogP contribution < -0.4 is 5.73 Å². The number of carbonyl (C=O) groups is 1. The van der Waals surface area contributed by atoms with Gasteiger partial charge in [-0.1, -0.05) is 12.1 Å². The Balaban J connectivity index is 3.00. The Bertz CT molecular complexity index is 418. The van der Waals surface area contributed by atoms with Gasteiger partial charge < -0.3 is 15.4 Å². The molecule has 4 heteroatoms. The van der Waals surface area contributed by atoms with Gasteiger partial charge in [-0.25, -0.2) is 0 Å². The molecule has 0 heterocycles. The molecule has 2 N–H and O–H groups in total. The minimum absolute atomic E-state index is 0.0346. The molecule has 1 unspecified atom stereocenters. The van der Waals surface area contributed by atoms with Gasteiger partial charge in [0.1, 0.15) is 0 Å². The number of nitrogens with two attached hydrogens (primary N) is 1. The molecule has 100 valence electrons. The van der Waals surface area contributed by atoms with E-state index in [4.69, 9.17) is 10.5 Å². The van der Waals surface area contributed by atoms with Crippen LogP contribution in [0, 0.1) is 6.92 Å². The molecule has 1 atom stereocenters. The summed E-state index contributed by atoms with van der Waals surface area (Å²) in [6, 6.07) is 5.56. The fourth-order valence-electron chi connectivity index (χ4n) is 2.01. The van der Waals surface area contributed by atoms with E-state index in [1.54, 1.807) is 18.1 Å². The van der Waals surface area contributed by atoms with Crippen molar-refractivity contribution in [1.82, 2.24) is 4.90 Å². The minimum atomic E-state index is -0.0387. The SMILES string of the molecule is CCN(C(=O)c1cccc(C)c1N)C(C)COC. The molecule has 1 amide bonds. The number of carbonyl (C=O) groups excluding carboxylic acids is 1. The second-order valence-corrected chi connectivity index (χ2v) is 4.43. The first kappa shape index (κ1) is 14.5. The normalized spacial score (nSPS) is 12.2. The molecule has 18 heavy (non-hydrogen) atoms. The summed E-state index contributed by atoms with van der Waals surface area (Å²) in [6.07, 6.45) is 0. The number of hydrogen-bond acceptors (Lipinski definition) is 3. The van der Waals surface area contributed by atoms with Crippen LogP contribution >= 0.6 is 0 Å². The zero-order valence-electron chi connectivity index (χ0n) is 11.6. The standard InChI is InChI=1S/C14H22N2O2/c1-5-16(11(3)9-18-4)14(17)12-8-6-7-10(2)13(12)15/h6-8,11H,5,9,15H2,1-4H3. The van der Waals surface area contributed by atoms with Crippen LogP contribution in [0.15, 0.2) is 18.2 Å². The Morgan fingerprint density at radius 1 is 1.50 bits per heavy atom. The van der Waals surface area contributed by atoms with Crippen molar-refractivity contribution in [2.24, 2.45) is 0 Å². The van der Waals surface area contributed by atoms with Gasteiger partial charge in [-0.15, -0.1) is 0 Å². The summed E-state index contributed by atoms with van der Waals surface area (Å²) in [6.45, 7) is 6.98. The number of likely N-dealkylation sites (N-methyl/N-ethyl adjacent to an activating group) is 1. The van der Waals surface area contributed by atoms with E-state index >= 15 is 0 Å². The van der Waals surface area contributed by atoms with E-state index < -0.39 is 0 Å². The molecular formula is C14H22N2O2. The molecule has 1 rings (SSSR count). The number of ether oxygens (including phenoxy) is 1. The van der Waals surface area contributed by atoms with Crippen molar-refractivity contribution in [1.29, 1.82) is 0 Å². The number of amides is 1. The van der Waals surface area contributed by atoms with E-state index in [2.05, 4.69) is 0 Å². The average molecular weight is 250 g/mol. The predicted molar refractivity (Wildman–Crippen MR) is 73.6 cm³/mol. The zero-order valence-corrected chi connectivity index (χ0v) is 11.6. The Hall–Kier alpha value is -1.55. The monoisotopic (exact) mass is 250 g/mol. The summed E-state index contributed by atoms with van der Waals surface area (Å²) < 4.78 is 5.10. The maximum atomic E-state index is 12.5. The van der Waals surface area contributed by atoms with Crippen LogP contribution in [0.1, 0.15) is 29.8 Å². The molecule has 0 saturated carbocycles. The number of para-hydroxylation sites is 1. The van der Waals surface area contributed by atoms with Crippen molar-refractivity contribution < 1.29 is 9.53 Å². The third-order valence-electron chi connectivity index (χ3n) is 3.10. The quantitative estimate of drug-likeness (QED) is 0.814. The Morgan fingerprint density at radius 2 is 2.17 bits per heavy atom. The highest BCUT2D eigenvalue weighted by Crippen LogP contribution is 2.19. The fourth-order valence-corrected chi connectivity index (χ4v) is 2.01. The molecule has 0 bridgehead atoms. The lowest BCUT2D eigenvalue weighted by Crippen LogP contribution is -2.41. The molecule has 0 aliphatic heterocycles. The minimum Gasteiger partial charge on any atom is -0.398 e. The first-order valence-electron chi connectivity index (χ1n) is 6.17. The molecule has 0 aromatic heterocycles. The highest BCUT2D eigenvalue weighted by atomic mass is 16.5. The third kappa shape index (κ3) is 3.01. The molecule has 0 aliphatic rings. The third-order valence-corrected chi connectivity index (χ3v) is 3.10. The lowest BCUT2D eigenvalue weighted by Gasteiger charge is -2.28. The van der Waals surface area contributed by atoms with Crippen molar-refractivity contribution in [3.8, 4) is 0 Å². The number of rotatable bonds is 5. The summed E-state index contributed by atoms with van der Waals surface area (Å²) in [7, 11) is 1.63. The van der Waals surface area contributed by atoms with Crippen molar-refractivity contribution >= 4 is 11.6 Å². The fraction of sp³-hybridized carbons (Fsp3) is 0.500. The highest BCUT2D eigenvalue weighted by molar-refractivity contribution is 5.99. The van der Waals surface area contributed by atoms with Crippen LogP contribution in [-0.4, -0.2) is 37.1 Å². The molecule has 0 radical (unpaired) electrons. The van der Waals surface area contributed by atoms with Gasteiger partial charge in [0.25, 0.3) is 5.91 Å². The number of methoxy groups -OCH3 is 1.